The van der Waals surface area contributed by atoms with E-state index in [2.05, 4.69) is 0 Å². The van der Waals surface area contributed by atoms with Crippen LogP contribution in [0.25, 0.3) is 0 Å². The van der Waals surface area contributed by atoms with Gasteiger partial charge in [0, 0.05) is 5.92 Å². The van der Waals surface area contributed by atoms with Gasteiger partial charge in [0.2, 0.25) is 0 Å². The quantitative estimate of drug-likeness (QED) is 0.904. The second-order valence-corrected chi connectivity index (χ2v) is 8.41. The van der Waals surface area contributed by atoms with E-state index >= 15 is 0 Å². The maximum absolute atomic E-state index is 12.9. The Labute approximate surface area is 142 Å². The third kappa shape index (κ3) is 2.84. The molecule has 0 aromatic heterocycles. The average molecular weight is 344 g/mol. The summed E-state index contributed by atoms with van der Waals surface area (Å²) in [6.07, 6.45) is 0.887. The van der Waals surface area contributed by atoms with Crippen molar-refractivity contribution in [1.29, 1.82) is 0 Å². The van der Waals surface area contributed by atoms with Crippen LogP contribution in [0.15, 0.2) is 53.4 Å². The molecule has 0 spiro atoms. The van der Waals surface area contributed by atoms with Gasteiger partial charge in [-0.25, -0.2) is 8.42 Å². The molecule has 1 N–H and O–H groups in total. The number of benzene rings is 2. The van der Waals surface area contributed by atoms with Crippen molar-refractivity contribution >= 4 is 15.8 Å². The lowest BCUT2D eigenvalue weighted by molar-refractivity contribution is -0.138. The number of carbonyl (C=O) groups is 1. The zero-order valence-electron chi connectivity index (χ0n) is 13.6. The number of rotatable bonds is 5. The minimum absolute atomic E-state index is 0.192. The highest BCUT2D eigenvalue weighted by Gasteiger charge is 2.63. The normalized spacial score (nSPS) is 23.0. The summed E-state index contributed by atoms with van der Waals surface area (Å²) in [6, 6.07) is 14.1. The summed E-state index contributed by atoms with van der Waals surface area (Å²) < 4.78 is 25.7. The molecule has 3 atom stereocenters. The molecule has 1 aliphatic carbocycles. The summed E-state index contributed by atoms with van der Waals surface area (Å²) in [6.45, 7) is 3.92. The Bertz CT molecular complexity index is 851. The Balaban J connectivity index is 1.96. The predicted octanol–water partition coefficient (Wildman–Crippen LogP) is 3.20. The summed E-state index contributed by atoms with van der Waals surface area (Å²) in [5.41, 5.74) is 2.88. The van der Waals surface area contributed by atoms with E-state index < -0.39 is 32.9 Å². The van der Waals surface area contributed by atoms with Crippen molar-refractivity contribution < 1.29 is 18.3 Å². The Morgan fingerprint density at radius 3 is 2.12 bits per heavy atom. The van der Waals surface area contributed by atoms with Gasteiger partial charge in [0.15, 0.2) is 9.84 Å². The van der Waals surface area contributed by atoms with E-state index in [1.165, 1.54) is 0 Å². The zero-order chi connectivity index (χ0) is 17.5. The molecule has 0 radical (unpaired) electrons. The first-order valence-corrected chi connectivity index (χ1v) is 9.53. The van der Waals surface area contributed by atoms with Crippen molar-refractivity contribution in [3.05, 3.63) is 65.2 Å². The second-order valence-electron chi connectivity index (χ2n) is 6.31. The van der Waals surface area contributed by atoms with Crippen molar-refractivity contribution in [2.24, 2.45) is 5.92 Å². The van der Waals surface area contributed by atoms with Crippen molar-refractivity contribution in [2.75, 3.05) is 0 Å². The molecule has 0 aliphatic heterocycles. The fraction of sp³-hybridized carbons (Fsp3) is 0.316. The molecule has 1 aliphatic rings. The summed E-state index contributed by atoms with van der Waals surface area (Å²) in [5, 5.41) is 8.55. The highest BCUT2D eigenvalue weighted by molar-refractivity contribution is 7.92. The van der Waals surface area contributed by atoms with Crippen molar-refractivity contribution in [2.45, 2.75) is 36.3 Å². The molecule has 24 heavy (non-hydrogen) atoms. The first kappa shape index (κ1) is 16.7. The molecule has 126 valence electrons. The van der Waals surface area contributed by atoms with Crippen LogP contribution in [0.3, 0.4) is 0 Å². The first-order chi connectivity index (χ1) is 11.4. The molecule has 1 fully saturated rings. The van der Waals surface area contributed by atoms with Gasteiger partial charge in [0.05, 0.1) is 16.1 Å². The molecule has 1 saturated carbocycles. The van der Waals surface area contributed by atoms with Crippen molar-refractivity contribution in [1.82, 2.24) is 0 Å². The number of aliphatic carboxylic acids is 1. The molecule has 3 unspecified atom stereocenters. The smallest absolute Gasteiger partial charge is 0.308 e. The summed E-state index contributed by atoms with van der Waals surface area (Å²) in [4.78, 5) is 11.7. The molecule has 2 aromatic carbocycles. The fourth-order valence-corrected chi connectivity index (χ4v) is 5.34. The van der Waals surface area contributed by atoms with Crippen LogP contribution in [0.2, 0.25) is 0 Å². The monoisotopic (exact) mass is 344 g/mol. The third-order valence-corrected chi connectivity index (χ3v) is 6.95. The molecule has 2 aromatic rings. The van der Waals surface area contributed by atoms with E-state index in [9.17, 15) is 18.3 Å². The molecule has 0 bridgehead atoms. The number of hydrogen-bond donors (Lipinski definition) is 1. The Hall–Kier alpha value is -2.14. The minimum atomic E-state index is -3.67. The lowest BCUT2D eigenvalue weighted by atomic mass is 10.1. The SMILES string of the molecule is CCc1ccc(C2C(C(=O)O)C2S(=O)(=O)c2ccc(C)cc2)cc1. The Kier molecular flexibility index (Phi) is 4.22. The highest BCUT2D eigenvalue weighted by Crippen LogP contribution is 2.54. The van der Waals surface area contributed by atoms with E-state index in [1.807, 2.05) is 38.1 Å². The number of carboxylic acids is 1. The van der Waals surface area contributed by atoms with Crippen LogP contribution in [-0.2, 0) is 21.1 Å². The molecule has 5 heteroatoms. The number of sulfone groups is 1. The third-order valence-electron chi connectivity index (χ3n) is 4.72. The maximum atomic E-state index is 12.9. The van der Waals surface area contributed by atoms with E-state index in [-0.39, 0.29) is 4.90 Å². The standard InChI is InChI=1S/C19H20O4S/c1-3-13-6-8-14(9-7-13)16-17(19(20)21)18(16)24(22,23)15-10-4-12(2)5-11-15/h4-11,16-18H,3H2,1-2H3,(H,20,21). The van der Waals surface area contributed by atoms with Crippen LogP contribution in [-0.4, -0.2) is 24.7 Å². The van der Waals surface area contributed by atoms with Crippen LogP contribution < -0.4 is 0 Å². The number of aryl methyl sites for hydroxylation is 2. The zero-order valence-corrected chi connectivity index (χ0v) is 14.5. The van der Waals surface area contributed by atoms with E-state index in [0.717, 1.165) is 23.1 Å². The summed E-state index contributed by atoms with van der Waals surface area (Å²) in [7, 11) is -3.67. The molecule has 4 nitrogen and oxygen atoms in total. The number of carboxylic acid groups (broad SMARTS) is 1. The lowest BCUT2D eigenvalue weighted by Crippen LogP contribution is -2.13. The fourth-order valence-electron chi connectivity index (χ4n) is 3.22. The molecular weight excluding hydrogens is 324 g/mol. The molecule has 0 heterocycles. The van der Waals surface area contributed by atoms with Gasteiger partial charge in [-0.3, -0.25) is 4.79 Å². The van der Waals surface area contributed by atoms with Gasteiger partial charge in [0.1, 0.15) is 0 Å². The minimum Gasteiger partial charge on any atom is -0.481 e. The van der Waals surface area contributed by atoms with Crippen LogP contribution >= 0.6 is 0 Å². The van der Waals surface area contributed by atoms with Gasteiger partial charge in [-0.1, -0.05) is 48.9 Å². The highest BCUT2D eigenvalue weighted by atomic mass is 32.2. The van der Waals surface area contributed by atoms with Crippen LogP contribution in [0.5, 0.6) is 0 Å². The van der Waals surface area contributed by atoms with Crippen LogP contribution in [0.4, 0.5) is 0 Å². The Morgan fingerprint density at radius 2 is 1.62 bits per heavy atom. The summed E-state index contributed by atoms with van der Waals surface area (Å²) >= 11 is 0. The van der Waals surface area contributed by atoms with Gasteiger partial charge < -0.3 is 5.11 Å². The predicted molar refractivity (Wildman–Crippen MR) is 91.8 cm³/mol. The molecular formula is C19H20O4S. The topological polar surface area (TPSA) is 71.4 Å². The maximum Gasteiger partial charge on any atom is 0.308 e. The number of hydrogen-bond acceptors (Lipinski definition) is 3. The lowest BCUT2D eigenvalue weighted by Gasteiger charge is -2.05. The largest absolute Gasteiger partial charge is 0.481 e. The van der Waals surface area contributed by atoms with Gasteiger partial charge in [0.25, 0.3) is 0 Å². The van der Waals surface area contributed by atoms with Crippen LogP contribution in [0, 0.1) is 12.8 Å². The first-order valence-electron chi connectivity index (χ1n) is 7.98. The molecule has 0 amide bonds. The average Bonchev–Trinajstić information content (AvgIpc) is 3.32. The second kappa shape index (κ2) is 6.06. The molecule has 0 saturated heterocycles. The van der Waals surface area contributed by atoms with Crippen LogP contribution in [0.1, 0.15) is 29.5 Å². The van der Waals surface area contributed by atoms with Crippen molar-refractivity contribution in [3.8, 4) is 0 Å². The van der Waals surface area contributed by atoms with E-state index in [1.54, 1.807) is 24.3 Å². The van der Waals surface area contributed by atoms with Crippen molar-refractivity contribution in [3.63, 3.8) is 0 Å². The Morgan fingerprint density at radius 1 is 1.04 bits per heavy atom. The van der Waals surface area contributed by atoms with E-state index in [0.29, 0.717) is 0 Å². The van der Waals surface area contributed by atoms with Gasteiger partial charge >= 0.3 is 5.97 Å². The van der Waals surface area contributed by atoms with Gasteiger partial charge in [-0.2, -0.15) is 0 Å². The van der Waals surface area contributed by atoms with Gasteiger partial charge in [-0.05, 0) is 36.6 Å². The molecule has 3 rings (SSSR count). The van der Waals surface area contributed by atoms with E-state index in [4.69, 9.17) is 0 Å². The summed E-state index contributed by atoms with van der Waals surface area (Å²) in [5.74, 6) is -2.43. The van der Waals surface area contributed by atoms with Gasteiger partial charge in [-0.15, -0.1) is 0 Å².